The molecular weight excluding hydrogens is 222 g/mol. The van der Waals surface area contributed by atoms with E-state index in [0.717, 1.165) is 25.0 Å². The quantitative estimate of drug-likeness (QED) is 0.867. The van der Waals surface area contributed by atoms with Gasteiger partial charge in [0.25, 0.3) is 0 Å². The van der Waals surface area contributed by atoms with E-state index in [1.807, 2.05) is 0 Å². The standard InChI is InChI=1S/C15H25N3/c1-11-15(9-16-14-7-8-14)12(2)18(17-11)10-13-5-3-4-6-13/h13-14,16H,3-10H2,1-2H3. The SMILES string of the molecule is Cc1nn(CC2CCCC2)c(C)c1CNC1CC1. The van der Waals surface area contributed by atoms with Crippen LogP contribution in [0.5, 0.6) is 0 Å². The molecular formula is C15H25N3. The zero-order valence-corrected chi connectivity index (χ0v) is 11.7. The van der Waals surface area contributed by atoms with Crippen LogP contribution in [-0.4, -0.2) is 15.8 Å². The molecule has 0 atom stereocenters. The topological polar surface area (TPSA) is 29.9 Å². The van der Waals surface area contributed by atoms with Gasteiger partial charge in [0, 0.05) is 30.4 Å². The van der Waals surface area contributed by atoms with Crippen molar-refractivity contribution in [2.45, 2.75) is 71.5 Å². The van der Waals surface area contributed by atoms with Gasteiger partial charge in [-0.2, -0.15) is 5.10 Å². The molecule has 3 heteroatoms. The third-order valence-corrected chi connectivity index (χ3v) is 4.58. The molecule has 1 heterocycles. The molecule has 3 rings (SSSR count). The lowest BCUT2D eigenvalue weighted by molar-refractivity contribution is 0.421. The number of rotatable bonds is 5. The van der Waals surface area contributed by atoms with Crippen molar-refractivity contribution >= 4 is 0 Å². The molecule has 0 aliphatic heterocycles. The van der Waals surface area contributed by atoms with Crippen molar-refractivity contribution < 1.29 is 0 Å². The minimum atomic E-state index is 0.780. The molecule has 1 N–H and O–H groups in total. The molecule has 2 saturated carbocycles. The highest BCUT2D eigenvalue weighted by molar-refractivity contribution is 5.24. The summed E-state index contributed by atoms with van der Waals surface area (Å²) in [6.07, 6.45) is 8.34. The molecule has 0 saturated heterocycles. The van der Waals surface area contributed by atoms with Gasteiger partial charge in [-0.25, -0.2) is 0 Å². The summed E-state index contributed by atoms with van der Waals surface area (Å²) in [4.78, 5) is 0. The van der Waals surface area contributed by atoms with E-state index in [-0.39, 0.29) is 0 Å². The summed E-state index contributed by atoms with van der Waals surface area (Å²) in [5, 5.41) is 8.36. The number of hydrogen-bond acceptors (Lipinski definition) is 2. The van der Waals surface area contributed by atoms with Crippen LogP contribution in [0.15, 0.2) is 0 Å². The van der Waals surface area contributed by atoms with Gasteiger partial charge in [-0.05, 0) is 45.4 Å². The zero-order valence-electron chi connectivity index (χ0n) is 11.7. The molecule has 0 aromatic carbocycles. The highest BCUT2D eigenvalue weighted by atomic mass is 15.3. The van der Waals surface area contributed by atoms with E-state index >= 15 is 0 Å². The summed E-state index contributed by atoms with van der Waals surface area (Å²) in [6.45, 7) is 6.53. The Hall–Kier alpha value is -0.830. The monoisotopic (exact) mass is 247 g/mol. The molecule has 0 bridgehead atoms. The lowest BCUT2D eigenvalue weighted by Crippen LogP contribution is -2.16. The van der Waals surface area contributed by atoms with Gasteiger partial charge < -0.3 is 5.32 Å². The highest BCUT2D eigenvalue weighted by Gasteiger charge is 2.22. The van der Waals surface area contributed by atoms with Crippen molar-refractivity contribution in [1.82, 2.24) is 15.1 Å². The van der Waals surface area contributed by atoms with Gasteiger partial charge >= 0.3 is 0 Å². The molecule has 1 aromatic rings. The number of nitrogens with zero attached hydrogens (tertiary/aromatic N) is 2. The number of aryl methyl sites for hydroxylation is 1. The fraction of sp³-hybridized carbons (Fsp3) is 0.800. The van der Waals surface area contributed by atoms with Gasteiger partial charge in [-0.1, -0.05) is 12.8 Å². The van der Waals surface area contributed by atoms with E-state index in [4.69, 9.17) is 5.10 Å². The predicted molar refractivity (Wildman–Crippen MR) is 73.5 cm³/mol. The van der Waals surface area contributed by atoms with Gasteiger partial charge in [0.05, 0.1) is 5.69 Å². The van der Waals surface area contributed by atoms with Crippen molar-refractivity contribution in [3.63, 3.8) is 0 Å². The number of aromatic nitrogens is 2. The Morgan fingerprint density at radius 3 is 2.56 bits per heavy atom. The molecule has 2 aliphatic carbocycles. The molecule has 0 unspecified atom stereocenters. The van der Waals surface area contributed by atoms with E-state index in [1.54, 1.807) is 0 Å². The van der Waals surface area contributed by atoms with Gasteiger partial charge in [0.1, 0.15) is 0 Å². The van der Waals surface area contributed by atoms with Gasteiger partial charge in [0.2, 0.25) is 0 Å². The summed E-state index contributed by atoms with van der Waals surface area (Å²) < 4.78 is 2.26. The van der Waals surface area contributed by atoms with E-state index in [9.17, 15) is 0 Å². The third kappa shape index (κ3) is 2.61. The van der Waals surface area contributed by atoms with Crippen LogP contribution in [0.4, 0.5) is 0 Å². The molecule has 0 radical (unpaired) electrons. The van der Waals surface area contributed by atoms with Gasteiger partial charge in [0.15, 0.2) is 0 Å². The minimum Gasteiger partial charge on any atom is -0.310 e. The van der Waals surface area contributed by atoms with Crippen LogP contribution in [0.3, 0.4) is 0 Å². The summed E-state index contributed by atoms with van der Waals surface area (Å²) in [5.41, 5.74) is 4.03. The van der Waals surface area contributed by atoms with Gasteiger partial charge in [-0.3, -0.25) is 4.68 Å². The predicted octanol–water partition coefficient (Wildman–Crippen LogP) is 2.94. The summed E-state index contributed by atoms with van der Waals surface area (Å²) >= 11 is 0. The summed E-state index contributed by atoms with van der Waals surface area (Å²) in [7, 11) is 0. The number of nitrogens with one attached hydrogen (secondary N) is 1. The van der Waals surface area contributed by atoms with Crippen molar-refractivity contribution in [1.29, 1.82) is 0 Å². The van der Waals surface area contributed by atoms with E-state index in [1.165, 1.54) is 55.5 Å². The first-order valence-electron chi connectivity index (χ1n) is 7.50. The van der Waals surface area contributed by atoms with Crippen molar-refractivity contribution in [2.75, 3.05) is 0 Å². The van der Waals surface area contributed by atoms with Crippen LogP contribution >= 0.6 is 0 Å². The minimum absolute atomic E-state index is 0.780. The fourth-order valence-electron chi connectivity index (χ4n) is 3.14. The molecule has 100 valence electrons. The Morgan fingerprint density at radius 2 is 1.89 bits per heavy atom. The maximum atomic E-state index is 4.75. The van der Waals surface area contributed by atoms with E-state index < -0.39 is 0 Å². The van der Waals surface area contributed by atoms with Crippen molar-refractivity contribution in [3.8, 4) is 0 Å². The van der Waals surface area contributed by atoms with Crippen LogP contribution < -0.4 is 5.32 Å². The smallest absolute Gasteiger partial charge is 0.0641 e. The third-order valence-electron chi connectivity index (χ3n) is 4.58. The van der Waals surface area contributed by atoms with Crippen molar-refractivity contribution in [2.24, 2.45) is 5.92 Å². The first-order chi connectivity index (χ1) is 8.74. The fourth-order valence-corrected chi connectivity index (χ4v) is 3.14. The van der Waals surface area contributed by atoms with Crippen LogP contribution in [0.2, 0.25) is 0 Å². The molecule has 0 spiro atoms. The zero-order chi connectivity index (χ0) is 12.5. The molecule has 3 nitrogen and oxygen atoms in total. The highest BCUT2D eigenvalue weighted by Crippen LogP contribution is 2.27. The summed E-state index contributed by atoms with van der Waals surface area (Å²) in [5.74, 6) is 0.868. The maximum absolute atomic E-state index is 4.75. The Morgan fingerprint density at radius 1 is 1.17 bits per heavy atom. The second kappa shape index (κ2) is 5.04. The Labute approximate surface area is 110 Å². The molecule has 18 heavy (non-hydrogen) atoms. The Balaban J connectivity index is 1.67. The van der Waals surface area contributed by atoms with E-state index in [0.29, 0.717) is 0 Å². The van der Waals surface area contributed by atoms with Crippen LogP contribution in [0.25, 0.3) is 0 Å². The van der Waals surface area contributed by atoms with Crippen LogP contribution in [-0.2, 0) is 13.1 Å². The first kappa shape index (κ1) is 12.2. The maximum Gasteiger partial charge on any atom is 0.0641 e. The van der Waals surface area contributed by atoms with Gasteiger partial charge in [-0.15, -0.1) is 0 Å². The van der Waals surface area contributed by atoms with Crippen LogP contribution in [0, 0.1) is 19.8 Å². The van der Waals surface area contributed by atoms with Crippen molar-refractivity contribution in [3.05, 3.63) is 17.0 Å². The Kier molecular flexibility index (Phi) is 3.42. The second-order valence-electron chi connectivity index (χ2n) is 6.14. The molecule has 0 amide bonds. The largest absolute Gasteiger partial charge is 0.310 e. The number of hydrogen-bond donors (Lipinski definition) is 1. The lowest BCUT2D eigenvalue weighted by atomic mass is 10.1. The molecule has 2 aliphatic rings. The van der Waals surface area contributed by atoms with Crippen LogP contribution in [0.1, 0.15) is 55.5 Å². The molecule has 2 fully saturated rings. The first-order valence-corrected chi connectivity index (χ1v) is 7.50. The summed E-state index contributed by atoms with van der Waals surface area (Å²) in [6, 6.07) is 0.780. The second-order valence-corrected chi connectivity index (χ2v) is 6.14. The molecule has 1 aromatic heterocycles. The lowest BCUT2D eigenvalue weighted by Gasteiger charge is -2.11. The normalized spacial score (nSPS) is 20.8. The average Bonchev–Trinajstić information content (AvgIpc) is 2.96. The van der Waals surface area contributed by atoms with E-state index in [2.05, 4.69) is 23.8 Å². The average molecular weight is 247 g/mol. The Bertz CT molecular complexity index is 412.